The summed E-state index contributed by atoms with van der Waals surface area (Å²) in [6, 6.07) is 12.1. The van der Waals surface area contributed by atoms with Crippen LogP contribution in [-0.4, -0.2) is 5.11 Å². The molecule has 0 bridgehead atoms. The van der Waals surface area contributed by atoms with E-state index >= 15 is 0 Å². The van der Waals surface area contributed by atoms with Gasteiger partial charge in [0.15, 0.2) is 0 Å². The molecule has 0 amide bonds. The van der Waals surface area contributed by atoms with Crippen LogP contribution in [0.25, 0.3) is 0 Å². The summed E-state index contributed by atoms with van der Waals surface area (Å²) in [4.78, 5) is 0. The Labute approximate surface area is 117 Å². The minimum Gasteiger partial charge on any atom is -0.385 e. The van der Waals surface area contributed by atoms with Gasteiger partial charge in [0.25, 0.3) is 0 Å². The summed E-state index contributed by atoms with van der Waals surface area (Å²) in [7, 11) is 0. The summed E-state index contributed by atoms with van der Waals surface area (Å²) in [5.41, 5.74) is 1.24. The zero-order valence-corrected chi connectivity index (χ0v) is 11.7. The summed E-state index contributed by atoms with van der Waals surface area (Å²) < 4.78 is 13.8. The molecule has 0 heterocycles. The fraction of sp³-hybridized carbons (Fsp3) is 0.250. The number of hydrogen-bond donors (Lipinski definition) is 1. The van der Waals surface area contributed by atoms with Gasteiger partial charge in [0.05, 0.1) is 5.60 Å². The molecule has 0 aliphatic heterocycles. The van der Waals surface area contributed by atoms with Crippen molar-refractivity contribution in [3.8, 4) is 0 Å². The minimum atomic E-state index is -1.11. The topological polar surface area (TPSA) is 20.2 Å². The standard InChI is InChI=1S/C16H16ClFO/c1-11-3-6-13(7-4-11)16(2,19)10-12-5-8-14(17)9-15(12)18/h3-9,19H,10H2,1-2H3. The second-order valence-electron chi connectivity index (χ2n) is 5.05. The first-order valence-corrected chi connectivity index (χ1v) is 6.50. The highest BCUT2D eigenvalue weighted by atomic mass is 35.5. The zero-order chi connectivity index (χ0) is 14.0. The van der Waals surface area contributed by atoms with Gasteiger partial charge in [-0.2, -0.15) is 0 Å². The molecular weight excluding hydrogens is 263 g/mol. The SMILES string of the molecule is Cc1ccc(C(C)(O)Cc2ccc(Cl)cc2F)cc1. The molecule has 2 aromatic carbocycles. The Hall–Kier alpha value is -1.38. The Morgan fingerprint density at radius 1 is 1.16 bits per heavy atom. The van der Waals surface area contributed by atoms with Gasteiger partial charge in [-0.3, -0.25) is 0 Å². The van der Waals surface area contributed by atoms with Crippen LogP contribution in [0.1, 0.15) is 23.6 Å². The molecule has 0 aliphatic carbocycles. The number of halogens is 2. The molecule has 3 heteroatoms. The van der Waals surface area contributed by atoms with Crippen LogP contribution >= 0.6 is 11.6 Å². The Bertz CT molecular complexity index is 576. The summed E-state index contributed by atoms with van der Waals surface area (Å²) >= 11 is 5.72. The summed E-state index contributed by atoms with van der Waals surface area (Å²) in [6.07, 6.45) is 0.207. The van der Waals surface area contributed by atoms with Crippen LogP contribution in [0.5, 0.6) is 0 Å². The van der Waals surface area contributed by atoms with Crippen LogP contribution in [0.4, 0.5) is 4.39 Å². The third kappa shape index (κ3) is 3.34. The quantitative estimate of drug-likeness (QED) is 0.890. The van der Waals surface area contributed by atoms with Crippen molar-refractivity contribution in [3.05, 3.63) is 70.0 Å². The summed E-state index contributed by atoms with van der Waals surface area (Å²) in [5.74, 6) is -0.389. The molecule has 2 aromatic rings. The maximum Gasteiger partial charge on any atom is 0.127 e. The second kappa shape index (κ2) is 5.32. The number of benzene rings is 2. The maximum absolute atomic E-state index is 13.8. The molecule has 2 rings (SSSR count). The second-order valence-corrected chi connectivity index (χ2v) is 5.49. The molecular formula is C16H16ClFO. The lowest BCUT2D eigenvalue weighted by atomic mass is 9.88. The monoisotopic (exact) mass is 278 g/mol. The zero-order valence-electron chi connectivity index (χ0n) is 11.0. The van der Waals surface area contributed by atoms with Crippen molar-refractivity contribution in [1.29, 1.82) is 0 Å². The molecule has 0 saturated heterocycles. The van der Waals surface area contributed by atoms with E-state index in [9.17, 15) is 9.50 Å². The molecule has 100 valence electrons. The first-order chi connectivity index (χ1) is 8.88. The van der Waals surface area contributed by atoms with Crippen LogP contribution in [0.2, 0.25) is 5.02 Å². The first kappa shape index (κ1) is 14.0. The molecule has 0 saturated carbocycles. The average molecular weight is 279 g/mol. The molecule has 0 fully saturated rings. The number of aliphatic hydroxyl groups is 1. The van der Waals surface area contributed by atoms with E-state index in [2.05, 4.69) is 0 Å². The molecule has 1 atom stereocenters. The molecule has 1 unspecified atom stereocenters. The highest BCUT2D eigenvalue weighted by Crippen LogP contribution is 2.27. The highest BCUT2D eigenvalue weighted by molar-refractivity contribution is 6.30. The van der Waals surface area contributed by atoms with Crippen molar-refractivity contribution in [2.45, 2.75) is 25.9 Å². The Morgan fingerprint density at radius 2 is 1.79 bits per heavy atom. The van der Waals surface area contributed by atoms with Gasteiger partial charge in [0.1, 0.15) is 5.82 Å². The van der Waals surface area contributed by atoms with Crippen LogP contribution in [0.15, 0.2) is 42.5 Å². The third-order valence-corrected chi connectivity index (χ3v) is 3.46. The van der Waals surface area contributed by atoms with Gasteiger partial charge >= 0.3 is 0 Å². The van der Waals surface area contributed by atoms with Gasteiger partial charge < -0.3 is 5.11 Å². The smallest absolute Gasteiger partial charge is 0.127 e. The maximum atomic E-state index is 13.8. The third-order valence-electron chi connectivity index (χ3n) is 3.22. The van der Waals surface area contributed by atoms with E-state index in [0.717, 1.165) is 11.1 Å². The molecule has 1 N–H and O–H groups in total. The van der Waals surface area contributed by atoms with E-state index in [1.807, 2.05) is 31.2 Å². The van der Waals surface area contributed by atoms with Crippen LogP contribution < -0.4 is 0 Å². The van der Waals surface area contributed by atoms with Gasteiger partial charge in [-0.15, -0.1) is 0 Å². The Morgan fingerprint density at radius 3 is 2.37 bits per heavy atom. The highest BCUT2D eigenvalue weighted by Gasteiger charge is 2.24. The normalized spacial score (nSPS) is 14.2. The lowest BCUT2D eigenvalue weighted by Crippen LogP contribution is -2.24. The molecule has 0 spiro atoms. The number of rotatable bonds is 3. The molecule has 0 aliphatic rings. The van der Waals surface area contributed by atoms with E-state index in [0.29, 0.717) is 10.6 Å². The molecule has 0 aromatic heterocycles. The van der Waals surface area contributed by atoms with E-state index in [1.165, 1.54) is 6.07 Å². The van der Waals surface area contributed by atoms with Gasteiger partial charge in [0, 0.05) is 11.4 Å². The van der Waals surface area contributed by atoms with E-state index in [4.69, 9.17) is 11.6 Å². The minimum absolute atomic E-state index is 0.207. The lowest BCUT2D eigenvalue weighted by Gasteiger charge is -2.24. The Balaban J connectivity index is 2.27. The fourth-order valence-electron chi connectivity index (χ4n) is 2.05. The predicted molar refractivity (Wildman–Crippen MR) is 75.9 cm³/mol. The predicted octanol–water partition coefficient (Wildman–Crippen LogP) is 4.24. The molecule has 19 heavy (non-hydrogen) atoms. The first-order valence-electron chi connectivity index (χ1n) is 6.12. The van der Waals surface area contributed by atoms with Gasteiger partial charge in [-0.05, 0) is 37.1 Å². The lowest BCUT2D eigenvalue weighted by molar-refractivity contribution is 0.0567. The van der Waals surface area contributed by atoms with Crippen LogP contribution in [0, 0.1) is 12.7 Å². The van der Waals surface area contributed by atoms with Crippen molar-refractivity contribution in [1.82, 2.24) is 0 Å². The van der Waals surface area contributed by atoms with Crippen molar-refractivity contribution in [3.63, 3.8) is 0 Å². The summed E-state index contributed by atoms with van der Waals surface area (Å²) in [6.45, 7) is 3.67. The largest absolute Gasteiger partial charge is 0.385 e. The fourth-order valence-corrected chi connectivity index (χ4v) is 2.21. The van der Waals surface area contributed by atoms with Crippen molar-refractivity contribution >= 4 is 11.6 Å². The van der Waals surface area contributed by atoms with Crippen molar-refractivity contribution < 1.29 is 9.50 Å². The van der Waals surface area contributed by atoms with Gasteiger partial charge in [-0.25, -0.2) is 4.39 Å². The average Bonchev–Trinajstić information content (AvgIpc) is 2.33. The van der Waals surface area contributed by atoms with E-state index in [-0.39, 0.29) is 12.2 Å². The van der Waals surface area contributed by atoms with E-state index < -0.39 is 5.60 Å². The van der Waals surface area contributed by atoms with Crippen molar-refractivity contribution in [2.75, 3.05) is 0 Å². The number of aryl methyl sites for hydroxylation is 1. The van der Waals surface area contributed by atoms with Gasteiger partial charge in [0.2, 0.25) is 0 Å². The molecule has 0 radical (unpaired) electrons. The number of hydrogen-bond acceptors (Lipinski definition) is 1. The van der Waals surface area contributed by atoms with Crippen molar-refractivity contribution in [2.24, 2.45) is 0 Å². The Kier molecular flexibility index (Phi) is 3.93. The summed E-state index contributed by atoms with van der Waals surface area (Å²) in [5, 5.41) is 10.9. The van der Waals surface area contributed by atoms with E-state index in [1.54, 1.807) is 19.1 Å². The van der Waals surface area contributed by atoms with Crippen LogP contribution in [0.3, 0.4) is 0 Å². The van der Waals surface area contributed by atoms with Gasteiger partial charge in [-0.1, -0.05) is 47.5 Å². The van der Waals surface area contributed by atoms with Crippen LogP contribution in [-0.2, 0) is 12.0 Å². The molecule has 1 nitrogen and oxygen atoms in total.